The lowest BCUT2D eigenvalue weighted by atomic mass is 9.85. The van der Waals surface area contributed by atoms with Gasteiger partial charge in [0.1, 0.15) is 36.6 Å². The van der Waals surface area contributed by atoms with E-state index in [9.17, 15) is 50.0 Å². The van der Waals surface area contributed by atoms with Crippen molar-refractivity contribution in [2.45, 2.75) is 255 Å². The topological polar surface area (TPSA) is 226 Å². The Balaban J connectivity index is 2.56. The number of aliphatic hydroxyl groups is 7. The number of amides is 1. The zero-order chi connectivity index (χ0) is 47.3. The first-order valence-corrected chi connectivity index (χ1v) is 26.7. The van der Waals surface area contributed by atoms with Gasteiger partial charge in [-0.25, -0.2) is 4.57 Å². The molecule has 374 valence electrons. The molecule has 9 N–H and O–H groups in total. The van der Waals surface area contributed by atoms with Crippen molar-refractivity contribution < 1.29 is 59.0 Å². The smallest absolute Gasteiger partial charge is 0.393 e. The second-order valence-corrected chi connectivity index (χ2v) is 19.2. The van der Waals surface area contributed by atoms with E-state index < -0.39 is 75.2 Å². The molecule has 0 aliphatic heterocycles. The largest absolute Gasteiger partial charge is 0.472 e. The molecule has 8 unspecified atom stereocenters. The van der Waals surface area contributed by atoms with E-state index in [1.807, 2.05) is 0 Å². The summed E-state index contributed by atoms with van der Waals surface area (Å²) in [4.78, 5) is 23.5. The summed E-state index contributed by atoms with van der Waals surface area (Å²) in [6, 6.07) is -1.27. The van der Waals surface area contributed by atoms with Crippen LogP contribution >= 0.6 is 7.82 Å². The van der Waals surface area contributed by atoms with E-state index in [2.05, 4.69) is 55.6 Å². The Morgan fingerprint density at radius 2 is 0.922 bits per heavy atom. The number of hydrogen-bond donors (Lipinski definition) is 9. The molecule has 1 rings (SSSR count). The number of aliphatic hydroxyl groups excluding tert-OH is 7. The number of carbonyl (C=O) groups is 1. The molecule has 1 saturated carbocycles. The van der Waals surface area contributed by atoms with Gasteiger partial charge in [0.2, 0.25) is 5.91 Å². The van der Waals surface area contributed by atoms with Gasteiger partial charge >= 0.3 is 7.82 Å². The third-order valence-electron chi connectivity index (χ3n) is 11.9. The Morgan fingerprint density at radius 3 is 1.38 bits per heavy atom. The highest BCUT2D eigenvalue weighted by molar-refractivity contribution is 7.47. The lowest BCUT2D eigenvalue weighted by molar-refractivity contribution is -0.220. The maximum atomic E-state index is 13.0. The van der Waals surface area contributed by atoms with E-state index >= 15 is 0 Å². The van der Waals surface area contributed by atoms with E-state index in [1.165, 1.54) is 102 Å². The van der Waals surface area contributed by atoms with Gasteiger partial charge in [-0.05, 0) is 70.6 Å². The van der Waals surface area contributed by atoms with Gasteiger partial charge < -0.3 is 46.0 Å². The van der Waals surface area contributed by atoms with Crippen molar-refractivity contribution in [1.29, 1.82) is 0 Å². The molecule has 0 heterocycles. The summed E-state index contributed by atoms with van der Waals surface area (Å²) < 4.78 is 22.9. The number of unbranched alkanes of at least 4 members (excludes halogenated alkanes) is 22. The van der Waals surface area contributed by atoms with Crippen LogP contribution in [0, 0.1) is 0 Å². The minimum Gasteiger partial charge on any atom is -0.393 e. The molecule has 0 bridgehead atoms. The van der Waals surface area contributed by atoms with E-state index in [0.29, 0.717) is 19.3 Å². The Kier molecular flexibility index (Phi) is 37.0. The molecule has 1 aliphatic rings. The molecule has 0 spiro atoms. The van der Waals surface area contributed by atoms with Crippen molar-refractivity contribution in [2.75, 3.05) is 6.61 Å². The van der Waals surface area contributed by atoms with Crippen LogP contribution in [-0.2, 0) is 18.4 Å². The summed E-state index contributed by atoms with van der Waals surface area (Å²) in [6.45, 7) is 3.72. The predicted molar refractivity (Wildman–Crippen MR) is 256 cm³/mol. The minimum atomic E-state index is -5.16. The van der Waals surface area contributed by atoms with Crippen molar-refractivity contribution in [2.24, 2.45) is 0 Å². The van der Waals surface area contributed by atoms with Crippen LogP contribution in [-0.4, -0.2) is 108 Å². The molecule has 14 heteroatoms. The van der Waals surface area contributed by atoms with Crippen LogP contribution < -0.4 is 5.32 Å². The number of phosphoric acid groups is 1. The van der Waals surface area contributed by atoms with Gasteiger partial charge in [-0.3, -0.25) is 13.8 Å². The Morgan fingerprint density at radius 1 is 0.547 bits per heavy atom. The summed E-state index contributed by atoms with van der Waals surface area (Å²) in [7, 11) is -5.16. The first kappa shape index (κ1) is 60.3. The lowest BCUT2D eigenvalue weighted by Crippen LogP contribution is -2.64. The zero-order valence-electron chi connectivity index (χ0n) is 39.7. The number of hydrogen-bond acceptors (Lipinski definition) is 11. The fourth-order valence-corrected chi connectivity index (χ4v) is 8.70. The number of nitrogens with one attached hydrogen (secondary N) is 1. The van der Waals surface area contributed by atoms with Gasteiger partial charge in [0.25, 0.3) is 0 Å². The van der Waals surface area contributed by atoms with Crippen molar-refractivity contribution in [3.63, 3.8) is 0 Å². The average molecular weight is 930 g/mol. The highest BCUT2D eigenvalue weighted by atomic mass is 31.2. The Bertz CT molecular complexity index is 1280. The number of rotatable bonds is 41. The molecule has 1 aliphatic carbocycles. The van der Waals surface area contributed by atoms with Crippen molar-refractivity contribution in [1.82, 2.24) is 5.32 Å². The highest BCUT2D eigenvalue weighted by Gasteiger charge is 2.51. The minimum absolute atomic E-state index is 0.262. The van der Waals surface area contributed by atoms with E-state index in [4.69, 9.17) is 9.05 Å². The molecule has 64 heavy (non-hydrogen) atoms. The molecule has 1 amide bonds. The summed E-state index contributed by atoms with van der Waals surface area (Å²) in [5.41, 5.74) is 0. The first-order chi connectivity index (χ1) is 30.8. The highest BCUT2D eigenvalue weighted by Crippen LogP contribution is 2.47. The molecule has 8 atom stereocenters. The van der Waals surface area contributed by atoms with Gasteiger partial charge in [-0.2, -0.15) is 0 Å². The molecule has 1 fully saturated rings. The van der Waals surface area contributed by atoms with E-state index in [0.717, 1.165) is 64.2 Å². The van der Waals surface area contributed by atoms with Crippen LogP contribution in [0.2, 0.25) is 0 Å². The quantitative estimate of drug-likeness (QED) is 0.0159. The molecular formula is C50H92NO12P. The van der Waals surface area contributed by atoms with Crippen molar-refractivity contribution >= 4 is 13.7 Å². The second kappa shape index (κ2) is 39.3. The summed E-state index contributed by atoms with van der Waals surface area (Å²) in [5, 5.41) is 74.6. The Hall–Kier alpha value is -1.74. The first-order valence-electron chi connectivity index (χ1n) is 25.2. The second-order valence-electron chi connectivity index (χ2n) is 17.8. The maximum absolute atomic E-state index is 13.0. The average Bonchev–Trinajstić information content (AvgIpc) is 3.27. The van der Waals surface area contributed by atoms with Gasteiger partial charge in [0.05, 0.1) is 31.3 Å². The fraction of sp³-hybridized carbons (Fsp3) is 0.820. The van der Waals surface area contributed by atoms with Crippen LogP contribution in [0.5, 0.6) is 0 Å². The lowest BCUT2D eigenvalue weighted by Gasteiger charge is -2.41. The summed E-state index contributed by atoms with van der Waals surface area (Å²) in [5.74, 6) is -0.613. The van der Waals surface area contributed by atoms with Gasteiger partial charge in [0, 0.05) is 0 Å². The van der Waals surface area contributed by atoms with Crippen molar-refractivity contribution in [3.8, 4) is 0 Å². The SMILES string of the molecule is CCCCCCCC/C=C\CCCCCCCC(O)CC(=O)NC(COP(=O)(O)OC1C(O)C(O)C(O)C(O)C1O)C(O)/C=C/CC/C=C/CC/C=C/CCCCCCCCCCC. The molecule has 0 radical (unpaired) electrons. The van der Waals surface area contributed by atoms with E-state index in [1.54, 1.807) is 6.08 Å². The number of phosphoric ester groups is 1. The number of carbonyl (C=O) groups excluding carboxylic acids is 1. The molecule has 0 aromatic rings. The Labute approximate surface area is 387 Å². The standard InChI is InChI=1S/C50H92NO12P/c1-3-5-7-9-11-13-15-17-19-20-21-22-24-26-28-30-32-34-36-38-43(53)42(40-62-64(60,61)63-50-48(58)46(56)45(55)47(57)49(50)59)51-44(54)39-41(52)37-35-33-31-29-27-25-23-18-16-14-12-10-8-6-4-2/h18,21-23,28,30,36,38,41-43,45-50,52-53,55-59H,3-17,19-20,24-27,29,31-35,37,39-40H2,1-2H3,(H,51,54)(H,60,61)/b22-21+,23-18-,30-28+,38-36+. The molecule has 13 nitrogen and oxygen atoms in total. The van der Waals surface area contributed by atoms with Crippen molar-refractivity contribution in [3.05, 3.63) is 48.6 Å². The number of allylic oxidation sites excluding steroid dienone is 7. The van der Waals surface area contributed by atoms with Gasteiger partial charge in [0.15, 0.2) is 0 Å². The fourth-order valence-electron chi connectivity index (χ4n) is 7.74. The summed E-state index contributed by atoms with van der Waals surface area (Å²) in [6.07, 6.45) is 33.4. The predicted octanol–water partition coefficient (Wildman–Crippen LogP) is 9.09. The summed E-state index contributed by atoms with van der Waals surface area (Å²) >= 11 is 0. The zero-order valence-corrected chi connectivity index (χ0v) is 40.6. The van der Waals surface area contributed by atoms with Crippen LogP contribution in [0.25, 0.3) is 0 Å². The van der Waals surface area contributed by atoms with Gasteiger partial charge in [-0.15, -0.1) is 0 Å². The third-order valence-corrected chi connectivity index (χ3v) is 12.8. The molecule has 0 aromatic heterocycles. The van der Waals surface area contributed by atoms with Crippen LogP contribution in [0.15, 0.2) is 48.6 Å². The molecule has 0 saturated heterocycles. The maximum Gasteiger partial charge on any atom is 0.472 e. The monoisotopic (exact) mass is 930 g/mol. The third kappa shape index (κ3) is 30.5. The molecule has 0 aromatic carbocycles. The normalized spacial score (nSPS) is 23.1. The van der Waals surface area contributed by atoms with Gasteiger partial charge in [-0.1, -0.05) is 172 Å². The van der Waals surface area contributed by atoms with Crippen LogP contribution in [0.1, 0.15) is 200 Å². The molecular weight excluding hydrogens is 838 g/mol. The van der Waals surface area contributed by atoms with E-state index in [-0.39, 0.29) is 6.42 Å². The van der Waals surface area contributed by atoms with Crippen LogP contribution in [0.4, 0.5) is 0 Å². The van der Waals surface area contributed by atoms with Crippen LogP contribution in [0.3, 0.4) is 0 Å².